The van der Waals surface area contributed by atoms with Crippen LogP contribution in [0.4, 0.5) is 0 Å². The van der Waals surface area contributed by atoms with Crippen LogP contribution in [-0.2, 0) is 4.79 Å². The molecule has 76 valence electrons. The fraction of sp³-hybridized carbons (Fsp3) is 0.214. The van der Waals surface area contributed by atoms with Gasteiger partial charge in [0.05, 0.1) is 0 Å². The average molecular weight is 198 g/mol. The van der Waals surface area contributed by atoms with Crippen molar-refractivity contribution < 1.29 is 4.79 Å². The van der Waals surface area contributed by atoms with Gasteiger partial charge < -0.3 is 4.79 Å². The topological polar surface area (TPSA) is 17.1 Å². The van der Waals surface area contributed by atoms with E-state index in [9.17, 15) is 4.79 Å². The lowest BCUT2D eigenvalue weighted by molar-refractivity contribution is -0.108. The highest BCUT2D eigenvalue weighted by molar-refractivity contribution is 5.86. The first-order valence-electron chi connectivity index (χ1n) is 5.24. The summed E-state index contributed by atoms with van der Waals surface area (Å²) >= 11 is 0. The molecule has 0 aliphatic rings. The number of aldehydes is 1. The molecule has 0 radical (unpaired) electrons. The second-order valence-electron chi connectivity index (χ2n) is 3.87. The van der Waals surface area contributed by atoms with Crippen LogP contribution in [0.15, 0.2) is 42.5 Å². The van der Waals surface area contributed by atoms with Crippen molar-refractivity contribution in [3.8, 4) is 0 Å². The maximum Gasteiger partial charge on any atom is 0.120 e. The van der Waals surface area contributed by atoms with E-state index in [-0.39, 0.29) is 0 Å². The molecule has 2 aromatic rings. The van der Waals surface area contributed by atoms with E-state index in [0.717, 1.165) is 6.29 Å². The number of rotatable bonds is 3. The van der Waals surface area contributed by atoms with Crippen molar-refractivity contribution in [2.24, 2.45) is 0 Å². The highest BCUT2D eigenvalue weighted by Gasteiger charge is 2.07. The lowest BCUT2D eigenvalue weighted by atomic mass is 9.93. The summed E-state index contributed by atoms with van der Waals surface area (Å²) in [6.07, 6.45) is 1.58. The van der Waals surface area contributed by atoms with E-state index >= 15 is 0 Å². The minimum absolute atomic E-state index is 0.300. The summed E-state index contributed by atoms with van der Waals surface area (Å²) in [6.45, 7) is 2.09. The molecular weight excluding hydrogens is 184 g/mol. The zero-order valence-corrected chi connectivity index (χ0v) is 8.81. The van der Waals surface area contributed by atoms with Gasteiger partial charge in [0.15, 0.2) is 0 Å². The van der Waals surface area contributed by atoms with Crippen molar-refractivity contribution in [2.75, 3.05) is 0 Å². The molecule has 1 nitrogen and oxygen atoms in total. The first kappa shape index (κ1) is 9.91. The number of carbonyl (C=O) groups is 1. The summed E-state index contributed by atoms with van der Waals surface area (Å²) in [4.78, 5) is 10.5. The molecule has 0 N–H and O–H groups in total. The third-order valence-electron chi connectivity index (χ3n) is 2.80. The summed E-state index contributed by atoms with van der Waals surface area (Å²) in [7, 11) is 0. The SMILES string of the molecule is C[C@@H](CC=O)c1cccc2ccccc12. The van der Waals surface area contributed by atoms with Crippen molar-refractivity contribution >= 4 is 17.1 Å². The molecule has 2 rings (SSSR count). The monoisotopic (exact) mass is 198 g/mol. The van der Waals surface area contributed by atoms with Gasteiger partial charge in [0.25, 0.3) is 0 Å². The van der Waals surface area contributed by atoms with Gasteiger partial charge in [-0.3, -0.25) is 0 Å². The quantitative estimate of drug-likeness (QED) is 0.689. The van der Waals surface area contributed by atoms with E-state index in [0.29, 0.717) is 12.3 Å². The van der Waals surface area contributed by atoms with Gasteiger partial charge in [-0.05, 0) is 22.3 Å². The molecule has 0 heterocycles. The van der Waals surface area contributed by atoms with Crippen molar-refractivity contribution in [1.29, 1.82) is 0 Å². The van der Waals surface area contributed by atoms with E-state index in [4.69, 9.17) is 0 Å². The number of fused-ring (bicyclic) bond motifs is 1. The highest BCUT2D eigenvalue weighted by Crippen LogP contribution is 2.26. The molecule has 0 aliphatic carbocycles. The van der Waals surface area contributed by atoms with E-state index < -0.39 is 0 Å². The van der Waals surface area contributed by atoms with Gasteiger partial charge in [-0.25, -0.2) is 0 Å². The summed E-state index contributed by atoms with van der Waals surface area (Å²) in [5, 5.41) is 2.50. The van der Waals surface area contributed by atoms with Crippen LogP contribution < -0.4 is 0 Å². The zero-order chi connectivity index (χ0) is 10.7. The normalized spacial score (nSPS) is 12.6. The first-order valence-corrected chi connectivity index (χ1v) is 5.24. The minimum atomic E-state index is 0.300. The average Bonchev–Trinajstić information content (AvgIpc) is 2.28. The van der Waals surface area contributed by atoms with E-state index in [2.05, 4.69) is 37.3 Å². The summed E-state index contributed by atoms with van der Waals surface area (Å²) in [5.74, 6) is 0.300. The standard InChI is InChI=1S/C14H14O/c1-11(9-10-15)13-8-4-6-12-5-2-3-7-14(12)13/h2-8,10-11H,9H2,1H3/t11-/m0/s1. The second-order valence-corrected chi connectivity index (χ2v) is 3.87. The zero-order valence-electron chi connectivity index (χ0n) is 8.81. The number of hydrogen-bond acceptors (Lipinski definition) is 1. The first-order chi connectivity index (χ1) is 7.33. The molecule has 0 amide bonds. The third kappa shape index (κ3) is 1.91. The molecule has 0 aliphatic heterocycles. The molecule has 0 aromatic heterocycles. The van der Waals surface area contributed by atoms with Crippen molar-refractivity contribution in [2.45, 2.75) is 19.3 Å². The maximum absolute atomic E-state index is 10.5. The molecule has 1 heteroatoms. The number of hydrogen-bond donors (Lipinski definition) is 0. The Labute approximate surface area is 89.7 Å². The molecule has 0 unspecified atom stereocenters. The minimum Gasteiger partial charge on any atom is -0.303 e. The lowest BCUT2D eigenvalue weighted by Crippen LogP contribution is -1.95. The summed E-state index contributed by atoms with van der Waals surface area (Å²) in [5.41, 5.74) is 1.26. The Morgan fingerprint density at radius 1 is 1.13 bits per heavy atom. The van der Waals surface area contributed by atoms with Gasteiger partial charge in [-0.2, -0.15) is 0 Å². The van der Waals surface area contributed by atoms with E-state index in [1.807, 2.05) is 12.1 Å². The Balaban J connectivity index is 2.55. The Bertz CT molecular complexity index is 468. The predicted molar refractivity (Wildman–Crippen MR) is 63.0 cm³/mol. The smallest absolute Gasteiger partial charge is 0.120 e. The number of carbonyl (C=O) groups excluding carboxylic acids is 1. The van der Waals surface area contributed by atoms with Gasteiger partial charge in [0.1, 0.15) is 6.29 Å². The summed E-state index contributed by atoms with van der Waals surface area (Å²) < 4.78 is 0. The van der Waals surface area contributed by atoms with Gasteiger partial charge in [-0.1, -0.05) is 49.4 Å². The molecule has 2 aromatic carbocycles. The Hall–Kier alpha value is -1.63. The lowest BCUT2D eigenvalue weighted by Gasteiger charge is -2.11. The Morgan fingerprint density at radius 2 is 1.87 bits per heavy atom. The Morgan fingerprint density at radius 3 is 2.67 bits per heavy atom. The fourth-order valence-electron chi connectivity index (χ4n) is 1.95. The molecule has 0 fully saturated rings. The molecule has 0 bridgehead atoms. The predicted octanol–water partition coefficient (Wildman–Crippen LogP) is 3.53. The van der Waals surface area contributed by atoms with Crippen molar-refractivity contribution in [1.82, 2.24) is 0 Å². The number of benzene rings is 2. The van der Waals surface area contributed by atoms with Crippen LogP contribution in [0.5, 0.6) is 0 Å². The van der Waals surface area contributed by atoms with Crippen LogP contribution in [0, 0.1) is 0 Å². The molecule has 1 atom stereocenters. The molecular formula is C14H14O. The maximum atomic E-state index is 10.5. The van der Waals surface area contributed by atoms with Gasteiger partial charge in [-0.15, -0.1) is 0 Å². The van der Waals surface area contributed by atoms with Gasteiger partial charge in [0.2, 0.25) is 0 Å². The van der Waals surface area contributed by atoms with Crippen LogP contribution in [0.3, 0.4) is 0 Å². The third-order valence-corrected chi connectivity index (χ3v) is 2.80. The molecule has 0 spiro atoms. The largest absolute Gasteiger partial charge is 0.303 e. The van der Waals surface area contributed by atoms with Crippen LogP contribution in [-0.4, -0.2) is 6.29 Å². The molecule has 0 saturated carbocycles. The highest BCUT2D eigenvalue weighted by atomic mass is 16.1. The van der Waals surface area contributed by atoms with Gasteiger partial charge in [0, 0.05) is 6.42 Å². The second kappa shape index (κ2) is 4.26. The van der Waals surface area contributed by atoms with Crippen LogP contribution in [0.25, 0.3) is 10.8 Å². The van der Waals surface area contributed by atoms with Gasteiger partial charge >= 0.3 is 0 Å². The van der Waals surface area contributed by atoms with Crippen molar-refractivity contribution in [3.63, 3.8) is 0 Å². The molecule has 15 heavy (non-hydrogen) atoms. The molecule has 0 saturated heterocycles. The summed E-state index contributed by atoms with van der Waals surface area (Å²) in [6, 6.07) is 14.6. The Kier molecular flexibility index (Phi) is 2.82. The van der Waals surface area contributed by atoms with Crippen LogP contribution in [0.1, 0.15) is 24.8 Å². The van der Waals surface area contributed by atoms with Crippen LogP contribution in [0.2, 0.25) is 0 Å². The van der Waals surface area contributed by atoms with Crippen LogP contribution >= 0.6 is 0 Å². The fourth-order valence-corrected chi connectivity index (χ4v) is 1.95. The van der Waals surface area contributed by atoms with Crippen molar-refractivity contribution in [3.05, 3.63) is 48.0 Å². The van der Waals surface area contributed by atoms with E-state index in [1.165, 1.54) is 16.3 Å². The van der Waals surface area contributed by atoms with E-state index in [1.54, 1.807) is 0 Å².